The molecule has 4 nitrogen and oxygen atoms in total. The molecule has 0 saturated carbocycles. The van der Waals surface area contributed by atoms with Crippen LogP contribution in [0.5, 0.6) is 17.2 Å². The van der Waals surface area contributed by atoms with Crippen molar-refractivity contribution in [1.29, 1.82) is 0 Å². The van der Waals surface area contributed by atoms with E-state index in [9.17, 15) is 19.0 Å². The van der Waals surface area contributed by atoms with E-state index in [-0.39, 0.29) is 23.8 Å². The lowest BCUT2D eigenvalue weighted by Crippen LogP contribution is -2.06. The Morgan fingerprint density at radius 2 is 1.80 bits per heavy atom. The Morgan fingerprint density at radius 3 is 2.50 bits per heavy atom. The number of benzene rings is 2. The summed E-state index contributed by atoms with van der Waals surface area (Å²) in [4.78, 5) is 0. The van der Waals surface area contributed by atoms with Crippen LogP contribution in [0.4, 0.5) is 14.5 Å². The molecule has 2 aromatic carbocycles. The van der Waals surface area contributed by atoms with Crippen molar-refractivity contribution in [1.82, 2.24) is 0 Å². The molecule has 0 fully saturated rings. The van der Waals surface area contributed by atoms with E-state index in [0.717, 1.165) is 0 Å². The standard InChI is InChI=1S/C14H13F2NO3/c15-14(16)20-13-4-2-1-3-10(13)17-8-9-5-6-11(18)12(19)7-9/h1-7,14,17-19H,8H2. The van der Waals surface area contributed by atoms with Gasteiger partial charge < -0.3 is 20.3 Å². The van der Waals surface area contributed by atoms with Gasteiger partial charge in [-0.05, 0) is 29.8 Å². The quantitative estimate of drug-likeness (QED) is 0.736. The summed E-state index contributed by atoms with van der Waals surface area (Å²) in [7, 11) is 0. The Balaban J connectivity index is 2.08. The van der Waals surface area contributed by atoms with Crippen molar-refractivity contribution >= 4 is 5.69 Å². The molecule has 0 heterocycles. The van der Waals surface area contributed by atoms with Crippen LogP contribution in [0.1, 0.15) is 5.56 Å². The van der Waals surface area contributed by atoms with Crippen LogP contribution in [0.25, 0.3) is 0 Å². The molecule has 0 saturated heterocycles. The molecule has 0 atom stereocenters. The van der Waals surface area contributed by atoms with Gasteiger partial charge in [0.05, 0.1) is 5.69 Å². The highest BCUT2D eigenvalue weighted by Crippen LogP contribution is 2.28. The molecule has 20 heavy (non-hydrogen) atoms. The summed E-state index contributed by atoms with van der Waals surface area (Å²) in [5.41, 5.74) is 1.10. The van der Waals surface area contributed by atoms with E-state index in [2.05, 4.69) is 10.1 Å². The summed E-state index contributed by atoms with van der Waals surface area (Å²) in [5, 5.41) is 21.5. The average Bonchev–Trinajstić information content (AvgIpc) is 2.41. The number of rotatable bonds is 5. The maximum absolute atomic E-state index is 12.3. The van der Waals surface area contributed by atoms with Crippen molar-refractivity contribution in [2.45, 2.75) is 13.2 Å². The lowest BCUT2D eigenvalue weighted by atomic mass is 10.2. The SMILES string of the molecule is Oc1ccc(CNc2ccccc2OC(F)F)cc1O. The van der Waals surface area contributed by atoms with Gasteiger partial charge in [0.1, 0.15) is 5.75 Å². The Morgan fingerprint density at radius 1 is 1.05 bits per heavy atom. The van der Waals surface area contributed by atoms with E-state index in [1.807, 2.05) is 0 Å². The highest BCUT2D eigenvalue weighted by molar-refractivity contribution is 5.56. The molecule has 6 heteroatoms. The van der Waals surface area contributed by atoms with Crippen LogP contribution in [-0.2, 0) is 6.54 Å². The number of phenolic OH excluding ortho intramolecular Hbond substituents is 2. The van der Waals surface area contributed by atoms with Gasteiger partial charge in [-0.15, -0.1) is 0 Å². The first kappa shape index (κ1) is 13.9. The fourth-order valence-corrected chi connectivity index (χ4v) is 1.69. The fourth-order valence-electron chi connectivity index (χ4n) is 1.69. The topological polar surface area (TPSA) is 61.7 Å². The fraction of sp³-hybridized carbons (Fsp3) is 0.143. The molecule has 0 unspecified atom stereocenters. The number of ether oxygens (including phenoxy) is 1. The van der Waals surface area contributed by atoms with Gasteiger partial charge in [-0.2, -0.15) is 8.78 Å². The van der Waals surface area contributed by atoms with Crippen LogP contribution in [0, 0.1) is 0 Å². The van der Waals surface area contributed by atoms with Gasteiger partial charge in [0.2, 0.25) is 0 Å². The minimum Gasteiger partial charge on any atom is -0.504 e. The van der Waals surface area contributed by atoms with Gasteiger partial charge in [0.15, 0.2) is 11.5 Å². The Kier molecular flexibility index (Phi) is 4.24. The number of alkyl halides is 2. The second kappa shape index (κ2) is 6.10. The maximum atomic E-state index is 12.3. The molecule has 0 aromatic heterocycles. The Labute approximate surface area is 114 Å². The molecule has 0 radical (unpaired) electrons. The zero-order valence-electron chi connectivity index (χ0n) is 10.4. The van der Waals surface area contributed by atoms with E-state index >= 15 is 0 Å². The first-order valence-electron chi connectivity index (χ1n) is 5.85. The van der Waals surface area contributed by atoms with Crippen LogP contribution in [-0.4, -0.2) is 16.8 Å². The van der Waals surface area contributed by atoms with Crippen molar-refractivity contribution in [3.8, 4) is 17.2 Å². The van der Waals surface area contributed by atoms with Crippen LogP contribution < -0.4 is 10.1 Å². The zero-order valence-corrected chi connectivity index (χ0v) is 10.4. The molecule has 106 valence electrons. The van der Waals surface area contributed by atoms with Crippen molar-refractivity contribution < 1.29 is 23.7 Å². The number of hydrogen-bond acceptors (Lipinski definition) is 4. The zero-order chi connectivity index (χ0) is 14.5. The van der Waals surface area contributed by atoms with Crippen LogP contribution in [0.3, 0.4) is 0 Å². The second-order valence-electron chi connectivity index (χ2n) is 4.05. The smallest absolute Gasteiger partial charge is 0.387 e. The van der Waals surface area contributed by atoms with Crippen LogP contribution in [0.15, 0.2) is 42.5 Å². The summed E-state index contributed by atoms with van der Waals surface area (Å²) in [6.07, 6.45) is 0. The summed E-state index contributed by atoms with van der Waals surface area (Å²) >= 11 is 0. The number of halogens is 2. The largest absolute Gasteiger partial charge is 0.504 e. The molecule has 0 bridgehead atoms. The van der Waals surface area contributed by atoms with Gasteiger partial charge in [-0.3, -0.25) is 0 Å². The Bertz CT molecular complexity index is 590. The van der Waals surface area contributed by atoms with Gasteiger partial charge in [0.25, 0.3) is 0 Å². The van der Waals surface area contributed by atoms with E-state index in [4.69, 9.17) is 0 Å². The van der Waals surface area contributed by atoms with E-state index < -0.39 is 6.61 Å². The number of phenols is 2. The van der Waals surface area contributed by atoms with Gasteiger partial charge in [-0.1, -0.05) is 18.2 Å². The monoisotopic (exact) mass is 281 g/mol. The second-order valence-corrected chi connectivity index (χ2v) is 4.05. The maximum Gasteiger partial charge on any atom is 0.387 e. The highest BCUT2D eigenvalue weighted by Gasteiger charge is 2.09. The summed E-state index contributed by atoms with van der Waals surface area (Å²) in [6.45, 7) is -2.60. The minimum atomic E-state index is -2.89. The molecule has 0 aliphatic carbocycles. The predicted molar refractivity (Wildman–Crippen MR) is 70.2 cm³/mol. The molecule has 2 aromatic rings. The third-order valence-electron chi connectivity index (χ3n) is 2.63. The normalized spacial score (nSPS) is 10.6. The number of para-hydroxylation sites is 2. The molecule has 0 spiro atoms. The van der Waals surface area contributed by atoms with Gasteiger partial charge >= 0.3 is 6.61 Å². The van der Waals surface area contributed by atoms with Crippen molar-refractivity contribution in [3.05, 3.63) is 48.0 Å². The third kappa shape index (κ3) is 3.50. The molecule has 0 aliphatic rings. The average molecular weight is 281 g/mol. The van der Waals surface area contributed by atoms with Gasteiger partial charge in [-0.25, -0.2) is 0 Å². The van der Waals surface area contributed by atoms with E-state index in [1.165, 1.54) is 18.2 Å². The van der Waals surface area contributed by atoms with E-state index in [1.54, 1.807) is 24.3 Å². The summed E-state index contributed by atoms with van der Waals surface area (Å²) in [6, 6.07) is 10.7. The third-order valence-corrected chi connectivity index (χ3v) is 2.63. The molecular weight excluding hydrogens is 268 g/mol. The molecule has 0 amide bonds. The summed E-state index contributed by atoms with van der Waals surface area (Å²) < 4.78 is 28.9. The summed E-state index contributed by atoms with van der Waals surface area (Å²) in [5.74, 6) is -0.401. The van der Waals surface area contributed by atoms with Crippen molar-refractivity contribution in [2.24, 2.45) is 0 Å². The number of hydrogen-bond donors (Lipinski definition) is 3. The number of aromatic hydroxyl groups is 2. The predicted octanol–water partition coefficient (Wildman–Crippen LogP) is 3.31. The first-order chi connectivity index (χ1) is 9.56. The van der Waals surface area contributed by atoms with Crippen LogP contribution in [0.2, 0.25) is 0 Å². The molecule has 3 N–H and O–H groups in total. The molecule has 2 rings (SSSR count). The molecular formula is C14H13F2NO3. The van der Waals surface area contributed by atoms with Crippen molar-refractivity contribution in [2.75, 3.05) is 5.32 Å². The van der Waals surface area contributed by atoms with E-state index in [0.29, 0.717) is 11.3 Å². The first-order valence-corrected chi connectivity index (χ1v) is 5.85. The van der Waals surface area contributed by atoms with Crippen molar-refractivity contribution in [3.63, 3.8) is 0 Å². The lowest BCUT2D eigenvalue weighted by molar-refractivity contribution is -0.0493. The highest BCUT2D eigenvalue weighted by atomic mass is 19.3. The number of anilines is 1. The van der Waals surface area contributed by atoms with Gasteiger partial charge in [0, 0.05) is 6.54 Å². The van der Waals surface area contributed by atoms with Crippen LogP contribution >= 0.6 is 0 Å². The lowest BCUT2D eigenvalue weighted by Gasteiger charge is -2.12. The molecule has 0 aliphatic heterocycles. The minimum absolute atomic E-state index is 0.0468. The Hall–Kier alpha value is -2.50. The number of nitrogens with one attached hydrogen (secondary N) is 1.